The van der Waals surface area contributed by atoms with Crippen LogP contribution in [0.15, 0.2) is 24.7 Å². The first-order chi connectivity index (χ1) is 7.79. The maximum absolute atomic E-state index is 5.87. The minimum absolute atomic E-state index is 0.601. The fourth-order valence-electron chi connectivity index (χ4n) is 1.73. The van der Waals surface area contributed by atoms with Crippen LogP contribution in [-0.2, 0) is 0 Å². The molecule has 0 saturated heterocycles. The molecule has 5 nitrogen and oxygen atoms in total. The molecular weight excluding hydrogens is 201 g/mol. The van der Waals surface area contributed by atoms with E-state index in [-0.39, 0.29) is 0 Å². The Hall–Kier alpha value is -2.11. The molecule has 16 heavy (non-hydrogen) atoms. The minimum atomic E-state index is 0.601. The zero-order valence-electron chi connectivity index (χ0n) is 8.68. The predicted molar refractivity (Wildman–Crippen MR) is 63.2 cm³/mol. The fourth-order valence-corrected chi connectivity index (χ4v) is 1.73. The molecule has 0 unspecified atom stereocenters. The van der Waals surface area contributed by atoms with Gasteiger partial charge in [0.1, 0.15) is 25.6 Å². The second-order valence-electron chi connectivity index (χ2n) is 3.47. The molecule has 0 amide bonds. The molecule has 0 fully saturated rings. The van der Waals surface area contributed by atoms with E-state index in [1.807, 2.05) is 19.2 Å². The average Bonchev–Trinajstić information content (AvgIpc) is 2.78. The molecule has 1 N–H and O–H groups in total. The smallest absolute Gasteiger partial charge is 0.148 e. The molecule has 3 rings (SSSR count). The maximum Gasteiger partial charge on any atom is 0.148 e. The second-order valence-corrected chi connectivity index (χ2v) is 3.47. The molecule has 2 radical (unpaired) electrons. The van der Waals surface area contributed by atoms with Crippen molar-refractivity contribution in [3.8, 4) is 0 Å². The van der Waals surface area contributed by atoms with Gasteiger partial charge in [0.15, 0.2) is 0 Å². The van der Waals surface area contributed by atoms with E-state index in [1.165, 1.54) is 6.33 Å². The van der Waals surface area contributed by atoms with Gasteiger partial charge in [0.05, 0.1) is 5.52 Å². The van der Waals surface area contributed by atoms with Crippen molar-refractivity contribution in [2.45, 2.75) is 0 Å². The molecule has 3 aromatic heterocycles. The number of nitrogens with one attached hydrogen (secondary N) is 1. The summed E-state index contributed by atoms with van der Waals surface area (Å²) in [6.45, 7) is 0. The van der Waals surface area contributed by atoms with Gasteiger partial charge in [-0.05, 0) is 0 Å². The van der Waals surface area contributed by atoms with Gasteiger partial charge in [-0.1, -0.05) is 11.5 Å². The minimum Gasteiger partial charge on any atom is -0.373 e. The van der Waals surface area contributed by atoms with Gasteiger partial charge in [-0.2, -0.15) is 5.10 Å². The molecule has 0 aliphatic carbocycles. The number of hydrogen-bond donors (Lipinski definition) is 1. The van der Waals surface area contributed by atoms with Crippen LogP contribution in [0.2, 0.25) is 0 Å². The third-order valence-corrected chi connectivity index (χ3v) is 2.51. The van der Waals surface area contributed by atoms with Crippen molar-refractivity contribution in [3.05, 3.63) is 24.7 Å². The quantitative estimate of drug-likeness (QED) is 0.578. The van der Waals surface area contributed by atoms with E-state index in [9.17, 15) is 0 Å². The molecule has 76 valence electrons. The maximum atomic E-state index is 5.87. The van der Waals surface area contributed by atoms with Crippen molar-refractivity contribution in [1.82, 2.24) is 19.6 Å². The van der Waals surface area contributed by atoms with Crippen molar-refractivity contribution < 1.29 is 0 Å². The average molecular weight is 209 g/mol. The number of anilines is 1. The van der Waals surface area contributed by atoms with E-state index in [1.54, 1.807) is 10.7 Å². The first-order valence-corrected chi connectivity index (χ1v) is 4.85. The Balaban J connectivity index is 2.50. The molecular formula is C10H8BN5. The third kappa shape index (κ3) is 1.16. The van der Waals surface area contributed by atoms with E-state index in [0.717, 1.165) is 16.7 Å². The third-order valence-electron chi connectivity index (χ3n) is 2.51. The summed E-state index contributed by atoms with van der Waals surface area (Å²) in [5.74, 6) is 0.786. The zero-order chi connectivity index (χ0) is 11.1. The Morgan fingerprint density at radius 1 is 1.31 bits per heavy atom. The van der Waals surface area contributed by atoms with E-state index in [0.29, 0.717) is 11.1 Å². The van der Waals surface area contributed by atoms with Crippen LogP contribution < -0.4 is 10.8 Å². The summed E-state index contributed by atoms with van der Waals surface area (Å²) in [6.07, 6.45) is 3.25. The van der Waals surface area contributed by atoms with E-state index < -0.39 is 0 Å². The number of aromatic nitrogens is 4. The summed E-state index contributed by atoms with van der Waals surface area (Å²) >= 11 is 0. The Labute approximate surface area is 92.9 Å². The normalized spacial score (nSPS) is 11.1. The highest BCUT2D eigenvalue weighted by atomic mass is 15.3. The van der Waals surface area contributed by atoms with Gasteiger partial charge in [-0.3, -0.25) is 0 Å². The summed E-state index contributed by atoms with van der Waals surface area (Å²) in [4.78, 5) is 8.34. The van der Waals surface area contributed by atoms with Gasteiger partial charge < -0.3 is 5.32 Å². The SMILES string of the molecule is [B]c1cc2cnc(NC)cc2n2ncnc12. The highest BCUT2D eigenvalue weighted by Gasteiger charge is 2.06. The van der Waals surface area contributed by atoms with E-state index in [2.05, 4.69) is 20.4 Å². The van der Waals surface area contributed by atoms with E-state index >= 15 is 0 Å². The number of hydrogen-bond acceptors (Lipinski definition) is 4. The first-order valence-electron chi connectivity index (χ1n) is 4.85. The lowest BCUT2D eigenvalue weighted by Gasteiger charge is -2.05. The lowest BCUT2D eigenvalue weighted by molar-refractivity contribution is 1.00. The van der Waals surface area contributed by atoms with Gasteiger partial charge in [0.2, 0.25) is 0 Å². The van der Waals surface area contributed by atoms with Crippen LogP contribution in [0.25, 0.3) is 16.6 Å². The molecule has 6 heteroatoms. The number of fused-ring (bicyclic) bond motifs is 3. The van der Waals surface area contributed by atoms with Crippen molar-refractivity contribution in [2.24, 2.45) is 0 Å². The van der Waals surface area contributed by atoms with Crippen LogP contribution in [0.5, 0.6) is 0 Å². The highest BCUT2D eigenvalue weighted by Crippen LogP contribution is 2.15. The van der Waals surface area contributed by atoms with E-state index in [4.69, 9.17) is 7.85 Å². The Kier molecular flexibility index (Phi) is 1.83. The van der Waals surface area contributed by atoms with Gasteiger partial charge in [-0.25, -0.2) is 14.5 Å². The standard InChI is InChI=1S/C10H8BN5/c1-12-9-3-8-6(4-13-9)2-7(11)10-14-5-15-16(8)10/h2-5H,1H3,(H,12,13). The van der Waals surface area contributed by atoms with Gasteiger partial charge in [0.25, 0.3) is 0 Å². The van der Waals surface area contributed by atoms with Crippen LogP contribution in [-0.4, -0.2) is 34.5 Å². The molecule has 0 bridgehead atoms. The molecule has 0 atom stereocenters. The van der Waals surface area contributed by atoms with Crippen LogP contribution >= 0.6 is 0 Å². The monoisotopic (exact) mass is 209 g/mol. The molecule has 0 aromatic carbocycles. The summed E-state index contributed by atoms with van der Waals surface area (Å²) in [5.41, 5.74) is 2.20. The highest BCUT2D eigenvalue weighted by molar-refractivity contribution is 6.37. The summed E-state index contributed by atoms with van der Waals surface area (Å²) in [7, 11) is 7.69. The van der Waals surface area contributed by atoms with Gasteiger partial charge in [0, 0.05) is 24.7 Å². The number of rotatable bonds is 1. The molecule has 0 aliphatic heterocycles. The summed E-state index contributed by atoms with van der Waals surface area (Å²) in [5, 5.41) is 8.08. The Morgan fingerprint density at radius 3 is 3.00 bits per heavy atom. The number of nitrogens with zero attached hydrogens (tertiary/aromatic N) is 4. The van der Waals surface area contributed by atoms with Crippen LogP contribution in [0.1, 0.15) is 0 Å². The Morgan fingerprint density at radius 2 is 2.19 bits per heavy atom. The Bertz CT molecular complexity index is 675. The molecule has 0 aliphatic rings. The summed E-state index contributed by atoms with van der Waals surface area (Å²) < 4.78 is 1.72. The fraction of sp³-hybridized carbons (Fsp3) is 0.100. The molecule has 3 heterocycles. The topological polar surface area (TPSA) is 55.1 Å². The van der Waals surface area contributed by atoms with Crippen LogP contribution in [0.4, 0.5) is 5.82 Å². The lowest BCUT2D eigenvalue weighted by atomic mass is 9.96. The lowest BCUT2D eigenvalue weighted by Crippen LogP contribution is -2.09. The van der Waals surface area contributed by atoms with Crippen LogP contribution in [0.3, 0.4) is 0 Å². The largest absolute Gasteiger partial charge is 0.373 e. The molecule has 3 aromatic rings. The van der Waals surface area contributed by atoms with Crippen LogP contribution in [0, 0.1) is 0 Å². The van der Waals surface area contributed by atoms with Gasteiger partial charge >= 0.3 is 0 Å². The van der Waals surface area contributed by atoms with Crippen molar-refractivity contribution in [1.29, 1.82) is 0 Å². The first kappa shape index (κ1) is 9.14. The second kappa shape index (κ2) is 3.20. The predicted octanol–water partition coefficient (Wildman–Crippen LogP) is 0.113. The van der Waals surface area contributed by atoms with Crippen molar-refractivity contribution in [3.63, 3.8) is 0 Å². The number of pyridine rings is 2. The molecule has 0 saturated carbocycles. The zero-order valence-corrected chi connectivity index (χ0v) is 8.68. The summed E-state index contributed by atoms with van der Waals surface area (Å²) in [6, 6.07) is 3.77. The van der Waals surface area contributed by atoms with Crippen molar-refractivity contribution in [2.75, 3.05) is 12.4 Å². The van der Waals surface area contributed by atoms with Gasteiger partial charge in [-0.15, -0.1) is 0 Å². The molecule has 0 spiro atoms. The van der Waals surface area contributed by atoms with Crippen molar-refractivity contribution >= 4 is 35.7 Å².